The topological polar surface area (TPSA) is 113 Å². The predicted molar refractivity (Wildman–Crippen MR) is 141 cm³/mol. The molecule has 0 bridgehead atoms. The lowest BCUT2D eigenvalue weighted by atomic mass is 9.96. The zero-order valence-electron chi connectivity index (χ0n) is 21.4. The fourth-order valence-electron chi connectivity index (χ4n) is 5.05. The van der Waals surface area contributed by atoms with Gasteiger partial charge in [-0.2, -0.15) is 15.3 Å². The highest BCUT2D eigenvalue weighted by Gasteiger charge is 2.43. The summed E-state index contributed by atoms with van der Waals surface area (Å²) < 4.78 is 1.52. The number of rotatable bonds is 4. The van der Waals surface area contributed by atoms with E-state index in [0.717, 1.165) is 5.69 Å². The van der Waals surface area contributed by atoms with Crippen LogP contribution in [0.5, 0.6) is 0 Å². The molecule has 10 nitrogen and oxygen atoms in total. The maximum Gasteiger partial charge on any atom is 0.273 e. The number of carbonyl (C=O) groups excluding carboxylic acids is 3. The lowest BCUT2D eigenvalue weighted by Gasteiger charge is -2.37. The molecule has 12 heteroatoms. The van der Waals surface area contributed by atoms with E-state index in [4.69, 9.17) is 28.3 Å². The summed E-state index contributed by atoms with van der Waals surface area (Å²) in [5.74, 6) is -0.763. The van der Waals surface area contributed by atoms with E-state index < -0.39 is 12.1 Å². The van der Waals surface area contributed by atoms with E-state index in [9.17, 15) is 14.4 Å². The third-order valence-electron chi connectivity index (χ3n) is 7.26. The Morgan fingerprint density at radius 3 is 2.55 bits per heavy atom. The third-order valence-corrected chi connectivity index (χ3v) is 8.00. The van der Waals surface area contributed by atoms with Crippen LogP contribution in [0.2, 0.25) is 10.0 Å². The van der Waals surface area contributed by atoms with Gasteiger partial charge in [-0.1, -0.05) is 23.2 Å². The van der Waals surface area contributed by atoms with Crippen LogP contribution in [-0.2, 0) is 17.8 Å². The minimum atomic E-state index is -0.728. The van der Waals surface area contributed by atoms with Gasteiger partial charge in [-0.05, 0) is 51.1 Å². The highest BCUT2D eigenvalue weighted by Crippen LogP contribution is 2.35. The number of nitrogens with zero attached hydrogens (tertiary/aromatic N) is 6. The van der Waals surface area contributed by atoms with E-state index in [0.29, 0.717) is 44.7 Å². The van der Waals surface area contributed by atoms with Crippen molar-refractivity contribution in [1.29, 1.82) is 0 Å². The second-order valence-electron chi connectivity index (χ2n) is 9.70. The summed E-state index contributed by atoms with van der Waals surface area (Å²) in [5.41, 5.74) is 3.44. The van der Waals surface area contributed by atoms with Crippen molar-refractivity contribution in [2.75, 3.05) is 13.6 Å². The summed E-state index contributed by atoms with van der Waals surface area (Å²) in [6, 6.07) is 7.08. The summed E-state index contributed by atoms with van der Waals surface area (Å²) in [5, 5.41) is 16.4. The van der Waals surface area contributed by atoms with Gasteiger partial charge in [-0.3, -0.25) is 14.4 Å². The van der Waals surface area contributed by atoms with Gasteiger partial charge in [0.1, 0.15) is 11.7 Å². The van der Waals surface area contributed by atoms with Gasteiger partial charge in [-0.15, -0.1) is 0 Å². The smallest absolute Gasteiger partial charge is 0.273 e. The average molecular weight is 556 g/mol. The number of aromatic nitrogens is 4. The Bertz CT molecular complexity index is 1440. The number of hydrogen-bond acceptors (Lipinski definition) is 6. The molecule has 0 spiro atoms. The fraction of sp³-hybridized carbons (Fsp3) is 0.385. The Kier molecular flexibility index (Phi) is 6.87. The molecule has 1 N–H and O–H groups in total. The first kappa shape index (κ1) is 26.1. The molecule has 2 aliphatic rings. The zero-order chi connectivity index (χ0) is 27.3. The van der Waals surface area contributed by atoms with E-state index in [1.165, 1.54) is 4.68 Å². The van der Waals surface area contributed by atoms with Crippen molar-refractivity contribution in [2.24, 2.45) is 0 Å². The van der Waals surface area contributed by atoms with Gasteiger partial charge < -0.3 is 15.1 Å². The molecule has 1 aromatic carbocycles. The highest BCUT2D eigenvalue weighted by atomic mass is 35.5. The molecule has 3 aromatic rings. The second kappa shape index (κ2) is 9.99. The number of aryl methyl sites for hydroxylation is 1. The van der Waals surface area contributed by atoms with E-state index in [-0.39, 0.29) is 36.9 Å². The van der Waals surface area contributed by atoms with Gasteiger partial charge in [-0.25, -0.2) is 4.68 Å². The zero-order valence-corrected chi connectivity index (χ0v) is 22.9. The number of nitrogens with one attached hydrogen (secondary N) is 1. The maximum absolute atomic E-state index is 13.9. The van der Waals surface area contributed by atoms with Gasteiger partial charge in [0, 0.05) is 30.6 Å². The summed E-state index contributed by atoms with van der Waals surface area (Å²) in [7, 11) is 1.56. The molecule has 3 amide bonds. The molecular formula is C26H27Cl2N7O3. The standard InChI is InChI=1S/C26H27Cl2N7O3/c1-13-5-8-20(31-30-13)15(3)34-12-22(24(36)29-4)35-23(26(34)38)17-11-33(14(2)9-21(17)32-35)25(37)16-6-7-18(27)19(28)10-16/h5-8,10,14-15,22H,9,11-12H2,1-4H3,(H,29,36)/t14-,15+,22+/m1/s1. The minimum Gasteiger partial charge on any atom is -0.357 e. The van der Waals surface area contributed by atoms with E-state index in [1.807, 2.05) is 32.9 Å². The average Bonchev–Trinajstić information content (AvgIpc) is 3.27. The minimum absolute atomic E-state index is 0.129. The van der Waals surface area contributed by atoms with Crippen LogP contribution in [-0.4, -0.2) is 67.1 Å². The Balaban J connectivity index is 1.54. The normalized spacial score (nSPS) is 19.6. The number of carbonyl (C=O) groups is 3. The van der Waals surface area contributed by atoms with Gasteiger partial charge >= 0.3 is 0 Å². The van der Waals surface area contributed by atoms with Gasteiger partial charge in [0.25, 0.3) is 11.8 Å². The van der Waals surface area contributed by atoms with Gasteiger partial charge in [0.15, 0.2) is 0 Å². The van der Waals surface area contributed by atoms with Crippen molar-refractivity contribution in [3.05, 3.63) is 74.3 Å². The lowest BCUT2D eigenvalue weighted by molar-refractivity contribution is -0.125. The second-order valence-corrected chi connectivity index (χ2v) is 10.5. The molecule has 38 heavy (non-hydrogen) atoms. The van der Waals surface area contributed by atoms with E-state index in [2.05, 4.69) is 15.5 Å². The van der Waals surface area contributed by atoms with Gasteiger partial charge in [0.05, 0.1) is 46.3 Å². The van der Waals surface area contributed by atoms with Crippen LogP contribution >= 0.6 is 23.2 Å². The summed E-state index contributed by atoms with van der Waals surface area (Å²) in [4.78, 5) is 43.7. The van der Waals surface area contributed by atoms with Crippen LogP contribution in [0.15, 0.2) is 30.3 Å². The molecule has 0 saturated heterocycles. The van der Waals surface area contributed by atoms with Crippen molar-refractivity contribution in [3.8, 4) is 0 Å². The van der Waals surface area contributed by atoms with Crippen molar-refractivity contribution in [1.82, 2.24) is 35.1 Å². The molecule has 198 valence electrons. The molecule has 2 aliphatic heterocycles. The largest absolute Gasteiger partial charge is 0.357 e. The molecule has 0 saturated carbocycles. The number of fused-ring (bicyclic) bond motifs is 3. The van der Waals surface area contributed by atoms with Crippen LogP contribution in [0.1, 0.15) is 69.4 Å². The molecule has 2 aromatic heterocycles. The Hall–Kier alpha value is -3.50. The van der Waals surface area contributed by atoms with Crippen LogP contribution < -0.4 is 5.32 Å². The monoisotopic (exact) mass is 555 g/mol. The Labute approximate surface area is 229 Å². The summed E-state index contributed by atoms with van der Waals surface area (Å²) in [6.45, 7) is 5.93. The number of hydrogen-bond donors (Lipinski definition) is 1. The number of benzene rings is 1. The number of halogens is 2. The molecular weight excluding hydrogens is 529 g/mol. The molecule has 4 heterocycles. The van der Waals surface area contributed by atoms with Crippen molar-refractivity contribution >= 4 is 40.9 Å². The SMILES string of the molecule is CNC(=O)[C@@H]1CN([C@@H](C)c2ccc(C)nn2)C(=O)c2c3c(nn21)C[C@@H](C)N(C(=O)c1ccc(Cl)c(Cl)c1)C3. The highest BCUT2D eigenvalue weighted by molar-refractivity contribution is 6.42. The summed E-state index contributed by atoms with van der Waals surface area (Å²) >= 11 is 12.2. The quantitative estimate of drug-likeness (QED) is 0.527. The number of amides is 3. The van der Waals surface area contributed by atoms with Crippen LogP contribution in [0.4, 0.5) is 0 Å². The molecule has 0 radical (unpaired) electrons. The number of likely N-dealkylation sites (N-methyl/N-ethyl adjacent to an activating group) is 1. The van der Waals surface area contributed by atoms with Crippen molar-refractivity contribution in [2.45, 2.75) is 51.9 Å². The van der Waals surface area contributed by atoms with E-state index in [1.54, 1.807) is 35.0 Å². The molecule has 3 atom stereocenters. The van der Waals surface area contributed by atoms with Crippen LogP contribution in [0.25, 0.3) is 0 Å². The predicted octanol–water partition coefficient (Wildman–Crippen LogP) is 3.38. The third kappa shape index (κ3) is 4.41. The Morgan fingerprint density at radius 2 is 1.89 bits per heavy atom. The molecule has 0 aliphatic carbocycles. The Morgan fingerprint density at radius 1 is 1.13 bits per heavy atom. The lowest BCUT2D eigenvalue weighted by Crippen LogP contribution is -2.49. The first-order valence-electron chi connectivity index (χ1n) is 12.3. The molecule has 5 rings (SSSR count). The fourth-order valence-corrected chi connectivity index (χ4v) is 5.35. The first-order valence-corrected chi connectivity index (χ1v) is 13.0. The molecule has 0 unspecified atom stereocenters. The van der Waals surface area contributed by atoms with Gasteiger partial charge in [0.2, 0.25) is 5.91 Å². The van der Waals surface area contributed by atoms with Crippen molar-refractivity contribution in [3.63, 3.8) is 0 Å². The summed E-state index contributed by atoms with van der Waals surface area (Å²) in [6.07, 6.45) is 0.440. The maximum atomic E-state index is 13.9. The first-order chi connectivity index (χ1) is 18.1. The van der Waals surface area contributed by atoms with Crippen LogP contribution in [0, 0.1) is 6.92 Å². The molecule has 0 fully saturated rings. The van der Waals surface area contributed by atoms with Crippen molar-refractivity contribution < 1.29 is 14.4 Å². The van der Waals surface area contributed by atoms with E-state index >= 15 is 0 Å². The van der Waals surface area contributed by atoms with Crippen LogP contribution in [0.3, 0.4) is 0 Å².